The molecule has 0 aliphatic carbocycles. The van der Waals surface area contributed by atoms with Crippen LogP contribution in [-0.4, -0.2) is 59.0 Å². The molecule has 0 bridgehead atoms. The largest absolute Gasteiger partial charge is 0.497 e. The molecule has 5 rings (SSSR count). The molecule has 1 atom stereocenters. The topological polar surface area (TPSA) is 54.8 Å². The van der Waals surface area contributed by atoms with Crippen LogP contribution in [0.15, 0.2) is 66.0 Å². The van der Waals surface area contributed by atoms with Crippen LogP contribution in [0.1, 0.15) is 38.9 Å². The van der Waals surface area contributed by atoms with E-state index < -0.39 is 0 Å². The number of hydrogen-bond acceptors (Lipinski definition) is 4. The zero-order chi connectivity index (χ0) is 24.5. The zero-order valence-corrected chi connectivity index (χ0v) is 21.0. The number of carbonyl (C=O) groups is 2. The van der Waals surface area contributed by atoms with Crippen LogP contribution in [0.3, 0.4) is 0 Å². The van der Waals surface area contributed by atoms with Gasteiger partial charge in [0.2, 0.25) is 0 Å². The van der Waals surface area contributed by atoms with Crippen LogP contribution in [0.25, 0.3) is 10.2 Å². The summed E-state index contributed by atoms with van der Waals surface area (Å²) in [4.78, 5) is 31.7. The van der Waals surface area contributed by atoms with Gasteiger partial charge in [0.15, 0.2) is 0 Å². The summed E-state index contributed by atoms with van der Waals surface area (Å²) in [5.74, 6) is 0.640. The number of benzene rings is 2. The Labute approximate surface area is 209 Å². The van der Waals surface area contributed by atoms with E-state index in [9.17, 15) is 9.59 Å². The molecule has 4 aromatic rings. The van der Waals surface area contributed by atoms with Crippen LogP contribution in [0, 0.1) is 6.92 Å². The van der Waals surface area contributed by atoms with Crippen molar-refractivity contribution in [3.8, 4) is 5.75 Å². The van der Waals surface area contributed by atoms with Gasteiger partial charge >= 0.3 is 0 Å². The third-order valence-electron chi connectivity index (χ3n) is 6.80. The van der Waals surface area contributed by atoms with Crippen LogP contribution >= 0.6 is 11.3 Å². The van der Waals surface area contributed by atoms with Crippen LogP contribution < -0.4 is 4.74 Å². The van der Waals surface area contributed by atoms with Crippen LogP contribution in [0.2, 0.25) is 0 Å². The number of thiophene rings is 1. The van der Waals surface area contributed by atoms with Gasteiger partial charge in [0.05, 0.1) is 7.11 Å². The maximum absolute atomic E-state index is 13.7. The molecule has 1 saturated heterocycles. The number of aromatic nitrogens is 1. The monoisotopic (exact) mass is 487 g/mol. The van der Waals surface area contributed by atoms with Crippen molar-refractivity contribution in [2.24, 2.45) is 0 Å². The summed E-state index contributed by atoms with van der Waals surface area (Å²) in [6.45, 7) is 6.26. The third kappa shape index (κ3) is 4.44. The van der Waals surface area contributed by atoms with Gasteiger partial charge in [0.1, 0.15) is 16.3 Å². The SMILES string of the molecule is COc1cccc(C(=O)N2CCN(C(=O)c3cc4ccsc4n3Cc3ccccc3C)C[C@@H]2C)c1. The van der Waals surface area contributed by atoms with Crippen molar-refractivity contribution in [2.45, 2.75) is 26.4 Å². The van der Waals surface area contributed by atoms with E-state index >= 15 is 0 Å². The van der Waals surface area contributed by atoms with Crippen molar-refractivity contribution in [2.75, 3.05) is 26.7 Å². The standard InChI is InChI=1S/C28H29N3O3S/c1-19-7-4-5-8-23(19)18-31-25(16-22-11-14-35-28(22)31)27(33)29-12-13-30(20(2)17-29)26(32)21-9-6-10-24(15-21)34-3/h4-11,14-16,20H,12-13,17-18H2,1-3H3/t20-/m0/s1. The van der Waals surface area contributed by atoms with Gasteiger partial charge in [-0.3, -0.25) is 9.59 Å². The summed E-state index contributed by atoms with van der Waals surface area (Å²) in [5, 5.41) is 3.16. The summed E-state index contributed by atoms with van der Waals surface area (Å²) >= 11 is 1.66. The highest BCUT2D eigenvalue weighted by molar-refractivity contribution is 7.16. The fourth-order valence-electron chi connectivity index (χ4n) is 4.79. The zero-order valence-electron chi connectivity index (χ0n) is 20.2. The Morgan fingerprint density at radius 1 is 1.03 bits per heavy atom. The van der Waals surface area contributed by atoms with Gasteiger partial charge < -0.3 is 19.1 Å². The molecule has 2 aromatic carbocycles. The number of aryl methyl sites for hydroxylation is 1. The lowest BCUT2D eigenvalue weighted by atomic mass is 10.1. The van der Waals surface area contributed by atoms with E-state index in [4.69, 9.17) is 4.74 Å². The third-order valence-corrected chi connectivity index (χ3v) is 7.75. The normalized spacial score (nSPS) is 16.0. The summed E-state index contributed by atoms with van der Waals surface area (Å²) in [6.07, 6.45) is 0. The summed E-state index contributed by atoms with van der Waals surface area (Å²) in [6, 6.07) is 19.5. The maximum Gasteiger partial charge on any atom is 0.270 e. The summed E-state index contributed by atoms with van der Waals surface area (Å²) < 4.78 is 7.41. The van der Waals surface area contributed by atoms with E-state index in [0.29, 0.717) is 43.2 Å². The first-order chi connectivity index (χ1) is 17.0. The number of fused-ring (bicyclic) bond motifs is 1. The molecule has 0 unspecified atom stereocenters. The van der Waals surface area contributed by atoms with E-state index in [-0.39, 0.29) is 17.9 Å². The highest BCUT2D eigenvalue weighted by atomic mass is 32.1. The molecule has 0 saturated carbocycles. The van der Waals surface area contributed by atoms with Gasteiger partial charge in [-0.25, -0.2) is 0 Å². The molecule has 6 nitrogen and oxygen atoms in total. The maximum atomic E-state index is 13.7. The molecule has 0 spiro atoms. The Morgan fingerprint density at radius 3 is 2.63 bits per heavy atom. The van der Waals surface area contributed by atoms with Crippen molar-refractivity contribution >= 4 is 33.4 Å². The molecule has 2 aromatic heterocycles. The second kappa shape index (κ2) is 9.58. The first-order valence-electron chi connectivity index (χ1n) is 11.8. The molecule has 7 heteroatoms. The fraction of sp³-hybridized carbons (Fsp3) is 0.286. The quantitative estimate of drug-likeness (QED) is 0.396. The molecule has 2 amide bonds. The lowest BCUT2D eigenvalue weighted by molar-refractivity contribution is 0.0409. The number of piperazine rings is 1. The molecule has 180 valence electrons. The second-order valence-electron chi connectivity index (χ2n) is 9.05. The lowest BCUT2D eigenvalue weighted by Crippen LogP contribution is -2.55. The molecule has 0 radical (unpaired) electrons. The molecule has 1 aliphatic heterocycles. The van der Waals surface area contributed by atoms with Gasteiger partial charge in [-0.15, -0.1) is 11.3 Å². The van der Waals surface area contributed by atoms with Crippen LogP contribution in [0.5, 0.6) is 5.75 Å². The van der Waals surface area contributed by atoms with Crippen LogP contribution in [0.4, 0.5) is 0 Å². The molecule has 35 heavy (non-hydrogen) atoms. The fourth-order valence-corrected chi connectivity index (χ4v) is 5.69. The van der Waals surface area contributed by atoms with Crippen molar-refractivity contribution in [3.05, 3.63) is 88.4 Å². The van der Waals surface area contributed by atoms with Crippen LogP contribution in [-0.2, 0) is 6.54 Å². The minimum Gasteiger partial charge on any atom is -0.497 e. The molecule has 1 aliphatic rings. The van der Waals surface area contributed by atoms with E-state index in [1.807, 2.05) is 47.1 Å². The number of nitrogens with zero attached hydrogens (tertiary/aromatic N) is 3. The minimum absolute atomic E-state index is 0.0160. The number of rotatable bonds is 5. The molecule has 0 N–H and O–H groups in total. The van der Waals surface area contributed by atoms with Gasteiger partial charge in [-0.2, -0.15) is 0 Å². The highest BCUT2D eigenvalue weighted by Gasteiger charge is 2.32. The number of carbonyl (C=O) groups excluding carboxylic acids is 2. The Morgan fingerprint density at radius 2 is 1.86 bits per heavy atom. The minimum atomic E-state index is -0.0905. The van der Waals surface area contributed by atoms with Gasteiger partial charge in [-0.1, -0.05) is 30.3 Å². The van der Waals surface area contributed by atoms with E-state index in [1.165, 1.54) is 11.1 Å². The molecule has 3 heterocycles. The van der Waals surface area contributed by atoms with Gasteiger partial charge in [-0.05, 0) is 60.7 Å². The average Bonchev–Trinajstić information content (AvgIpc) is 3.47. The second-order valence-corrected chi connectivity index (χ2v) is 9.95. The Hall–Kier alpha value is -3.58. The van der Waals surface area contributed by atoms with Crippen molar-refractivity contribution < 1.29 is 14.3 Å². The van der Waals surface area contributed by atoms with Gasteiger partial charge in [0, 0.05) is 43.2 Å². The van der Waals surface area contributed by atoms with Crippen molar-refractivity contribution in [3.63, 3.8) is 0 Å². The molecular weight excluding hydrogens is 458 g/mol. The summed E-state index contributed by atoms with van der Waals surface area (Å²) in [7, 11) is 1.59. The van der Waals surface area contributed by atoms with E-state index in [0.717, 1.165) is 10.2 Å². The number of hydrogen-bond donors (Lipinski definition) is 0. The lowest BCUT2D eigenvalue weighted by Gasteiger charge is -2.40. The van der Waals surface area contributed by atoms with Gasteiger partial charge in [0.25, 0.3) is 11.8 Å². The van der Waals surface area contributed by atoms with E-state index in [1.54, 1.807) is 30.6 Å². The predicted octanol–water partition coefficient (Wildman–Crippen LogP) is 5.05. The highest BCUT2D eigenvalue weighted by Crippen LogP contribution is 2.28. The Bertz CT molecular complexity index is 1390. The summed E-state index contributed by atoms with van der Waals surface area (Å²) in [5.41, 5.74) is 3.72. The average molecular weight is 488 g/mol. The van der Waals surface area contributed by atoms with Crippen molar-refractivity contribution in [1.82, 2.24) is 14.4 Å². The van der Waals surface area contributed by atoms with E-state index in [2.05, 4.69) is 35.1 Å². The Balaban J connectivity index is 1.36. The smallest absolute Gasteiger partial charge is 0.270 e. The predicted molar refractivity (Wildman–Crippen MR) is 139 cm³/mol. The first kappa shape index (κ1) is 23.2. The van der Waals surface area contributed by atoms with Crippen molar-refractivity contribution in [1.29, 1.82) is 0 Å². The number of ether oxygens (including phenoxy) is 1. The first-order valence-corrected chi connectivity index (χ1v) is 12.7. The number of methoxy groups -OCH3 is 1. The Kier molecular flexibility index (Phi) is 6.34. The molecular formula is C28H29N3O3S. The number of amides is 2. The molecule has 1 fully saturated rings.